The summed E-state index contributed by atoms with van der Waals surface area (Å²) in [6.45, 7) is 3.25. The van der Waals surface area contributed by atoms with Crippen LogP contribution in [0.4, 0.5) is 0 Å². The molecule has 2 aromatic carbocycles. The number of fused-ring (bicyclic) bond motifs is 1. The molecule has 2 aromatic rings. The van der Waals surface area contributed by atoms with Crippen LogP contribution in [-0.4, -0.2) is 11.5 Å². The summed E-state index contributed by atoms with van der Waals surface area (Å²) in [5, 5.41) is 1.94. The fraction of sp³-hybridized carbons (Fsp3) is 0.214. The van der Waals surface area contributed by atoms with Crippen molar-refractivity contribution in [2.75, 3.05) is 0 Å². The van der Waals surface area contributed by atoms with Crippen LogP contribution in [0.5, 0.6) is 5.75 Å². The van der Waals surface area contributed by atoms with Gasteiger partial charge in [0, 0.05) is 5.39 Å². The van der Waals surface area contributed by atoms with Gasteiger partial charge in [-0.1, -0.05) is 36.4 Å². The molecule has 3 heteroatoms. The molecule has 0 amide bonds. The molecule has 0 aliphatic carbocycles. The molecular formula is C14H15NO2. The molecule has 0 unspecified atom stereocenters. The first-order chi connectivity index (χ1) is 7.98. The van der Waals surface area contributed by atoms with Crippen molar-refractivity contribution >= 4 is 16.7 Å². The van der Waals surface area contributed by atoms with E-state index in [1.807, 2.05) is 36.4 Å². The molecule has 0 aliphatic rings. The summed E-state index contributed by atoms with van der Waals surface area (Å²) >= 11 is 0. The van der Waals surface area contributed by atoms with Gasteiger partial charge in [-0.2, -0.15) is 0 Å². The quantitative estimate of drug-likeness (QED) is 0.635. The number of hydrogen-bond acceptors (Lipinski definition) is 3. The van der Waals surface area contributed by atoms with E-state index in [0.29, 0.717) is 5.75 Å². The van der Waals surface area contributed by atoms with E-state index in [0.717, 1.165) is 10.8 Å². The minimum Gasteiger partial charge on any atom is -0.425 e. The van der Waals surface area contributed by atoms with Crippen LogP contribution in [0, 0.1) is 0 Å². The van der Waals surface area contributed by atoms with Crippen LogP contribution >= 0.6 is 0 Å². The Balaban J connectivity index is 2.40. The highest BCUT2D eigenvalue weighted by Gasteiger charge is 2.24. The van der Waals surface area contributed by atoms with Gasteiger partial charge in [-0.05, 0) is 25.3 Å². The van der Waals surface area contributed by atoms with Crippen molar-refractivity contribution in [3.05, 3.63) is 42.5 Å². The Morgan fingerprint density at radius 1 is 1.12 bits per heavy atom. The minimum atomic E-state index is -0.989. The summed E-state index contributed by atoms with van der Waals surface area (Å²) in [4.78, 5) is 11.7. The zero-order chi connectivity index (χ0) is 12.5. The number of rotatable bonds is 2. The molecule has 0 aliphatic heterocycles. The average molecular weight is 229 g/mol. The maximum atomic E-state index is 11.7. The molecule has 2 rings (SSSR count). The van der Waals surface area contributed by atoms with Crippen LogP contribution in [0.3, 0.4) is 0 Å². The summed E-state index contributed by atoms with van der Waals surface area (Å²) in [6, 6.07) is 13.3. The molecule has 0 spiro atoms. The van der Waals surface area contributed by atoms with E-state index in [4.69, 9.17) is 10.5 Å². The van der Waals surface area contributed by atoms with E-state index in [1.54, 1.807) is 19.9 Å². The highest BCUT2D eigenvalue weighted by Crippen LogP contribution is 2.25. The largest absolute Gasteiger partial charge is 0.425 e. The lowest BCUT2D eigenvalue weighted by atomic mass is 10.1. The highest BCUT2D eigenvalue weighted by molar-refractivity contribution is 5.91. The topological polar surface area (TPSA) is 52.3 Å². The van der Waals surface area contributed by atoms with Gasteiger partial charge in [0.15, 0.2) is 0 Å². The molecule has 88 valence electrons. The smallest absolute Gasteiger partial charge is 0.330 e. The molecule has 0 fully saturated rings. The van der Waals surface area contributed by atoms with Crippen molar-refractivity contribution in [3.8, 4) is 5.75 Å². The van der Waals surface area contributed by atoms with Crippen LogP contribution < -0.4 is 10.5 Å². The van der Waals surface area contributed by atoms with Gasteiger partial charge in [0.1, 0.15) is 11.3 Å². The van der Waals surface area contributed by atoms with Crippen molar-refractivity contribution < 1.29 is 9.53 Å². The molecule has 17 heavy (non-hydrogen) atoms. The monoisotopic (exact) mass is 229 g/mol. The third kappa shape index (κ3) is 2.45. The van der Waals surface area contributed by atoms with E-state index < -0.39 is 11.5 Å². The zero-order valence-electron chi connectivity index (χ0n) is 9.94. The van der Waals surface area contributed by atoms with E-state index in [2.05, 4.69) is 0 Å². The summed E-state index contributed by atoms with van der Waals surface area (Å²) in [5.41, 5.74) is 4.71. The lowest BCUT2D eigenvalue weighted by Gasteiger charge is -2.17. The third-order valence-electron chi connectivity index (χ3n) is 2.48. The molecule has 0 aromatic heterocycles. The fourth-order valence-corrected chi connectivity index (χ4v) is 1.52. The number of carbonyl (C=O) groups is 1. The summed E-state index contributed by atoms with van der Waals surface area (Å²) in [6.07, 6.45) is 0. The Kier molecular flexibility index (Phi) is 2.86. The standard InChI is InChI=1S/C14H15NO2/c1-14(2,15)13(16)17-12-9-5-7-10-6-3-4-8-11(10)12/h3-9H,15H2,1-2H3. The summed E-state index contributed by atoms with van der Waals surface area (Å²) in [7, 11) is 0. The molecule has 0 saturated carbocycles. The Morgan fingerprint density at radius 3 is 2.47 bits per heavy atom. The van der Waals surface area contributed by atoms with Crippen molar-refractivity contribution in [1.29, 1.82) is 0 Å². The second-order valence-electron chi connectivity index (χ2n) is 4.59. The molecule has 3 nitrogen and oxygen atoms in total. The number of hydrogen-bond donors (Lipinski definition) is 1. The van der Waals surface area contributed by atoms with Crippen LogP contribution in [0.1, 0.15) is 13.8 Å². The zero-order valence-corrected chi connectivity index (χ0v) is 9.94. The molecule has 0 saturated heterocycles. The van der Waals surface area contributed by atoms with Gasteiger partial charge >= 0.3 is 5.97 Å². The van der Waals surface area contributed by atoms with Crippen molar-refractivity contribution in [2.24, 2.45) is 5.73 Å². The summed E-state index contributed by atoms with van der Waals surface area (Å²) < 4.78 is 5.33. The van der Waals surface area contributed by atoms with Crippen LogP contribution in [0.2, 0.25) is 0 Å². The third-order valence-corrected chi connectivity index (χ3v) is 2.48. The van der Waals surface area contributed by atoms with Gasteiger partial charge < -0.3 is 10.5 Å². The van der Waals surface area contributed by atoms with Crippen molar-refractivity contribution in [2.45, 2.75) is 19.4 Å². The highest BCUT2D eigenvalue weighted by atomic mass is 16.5. The molecular weight excluding hydrogens is 214 g/mol. The van der Waals surface area contributed by atoms with E-state index >= 15 is 0 Å². The lowest BCUT2D eigenvalue weighted by Crippen LogP contribution is -2.44. The van der Waals surface area contributed by atoms with E-state index in [1.165, 1.54) is 0 Å². The number of carbonyl (C=O) groups excluding carboxylic acids is 1. The predicted molar refractivity (Wildman–Crippen MR) is 67.8 cm³/mol. The molecule has 0 bridgehead atoms. The second kappa shape index (κ2) is 4.18. The van der Waals surface area contributed by atoms with Crippen LogP contribution in [0.15, 0.2) is 42.5 Å². The van der Waals surface area contributed by atoms with Gasteiger partial charge in [0.2, 0.25) is 0 Å². The fourth-order valence-electron chi connectivity index (χ4n) is 1.52. The SMILES string of the molecule is CC(C)(N)C(=O)Oc1cccc2ccccc12. The number of benzene rings is 2. The first-order valence-corrected chi connectivity index (χ1v) is 5.47. The molecule has 0 radical (unpaired) electrons. The van der Waals surface area contributed by atoms with Gasteiger partial charge in [-0.25, -0.2) is 4.79 Å². The maximum Gasteiger partial charge on any atom is 0.330 e. The first-order valence-electron chi connectivity index (χ1n) is 5.47. The molecule has 2 N–H and O–H groups in total. The van der Waals surface area contributed by atoms with Gasteiger partial charge in [0.25, 0.3) is 0 Å². The van der Waals surface area contributed by atoms with Crippen LogP contribution in [-0.2, 0) is 4.79 Å². The van der Waals surface area contributed by atoms with Crippen molar-refractivity contribution in [3.63, 3.8) is 0 Å². The van der Waals surface area contributed by atoms with Crippen LogP contribution in [0.25, 0.3) is 10.8 Å². The first kappa shape index (κ1) is 11.6. The number of esters is 1. The van der Waals surface area contributed by atoms with E-state index in [9.17, 15) is 4.79 Å². The minimum absolute atomic E-state index is 0.436. The van der Waals surface area contributed by atoms with Gasteiger partial charge in [-0.15, -0.1) is 0 Å². The maximum absolute atomic E-state index is 11.7. The second-order valence-corrected chi connectivity index (χ2v) is 4.59. The normalized spacial score (nSPS) is 11.5. The van der Waals surface area contributed by atoms with E-state index in [-0.39, 0.29) is 0 Å². The Hall–Kier alpha value is -1.87. The molecule has 0 heterocycles. The Labute approximate surface area is 100 Å². The Morgan fingerprint density at radius 2 is 1.76 bits per heavy atom. The lowest BCUT2D eigenvalue weighted by molar-refractivity contribution is -0.139. The summed E-state index contributed by atoms with van der Waals surface area (Å²) in [5.74, 6) is 0.112. The predicted octanol–water partition coefficient (Wildman–Crippen LogP) is 2.48. The van der Waals surface area contributed by atoms with Gasteiger partial charge in [0.05, 0.1) is 0 Å². The molecule has 0 atom stereocenters. The van der Waals surface area contributed by atoms with Gasteiger partial charge in [-0.3, -0.25) is 0 Å². The Bertz CT molecular complexity index is 550. The van der Waals surface area contributed by atoms with Crippen molar-refractivity contribution in [1.82, 2.24) is 0 Å². The average Bonchev–Trinajstić information content (AvgIpc) is 2.28. The number of ether oxygens (including phenoxy) is 1. The number of nitrogens with two attached hydrogens (primary N) is 1.